The number of rotatable bonds is 4. The van der Waals surface area contributed by atoms with Crippen LogP contribution >= 0.6 is 0 Å². The van der Waals surface area contributed by atoms with Crippen LogP contribution in [0.3, 0.4) is 0 Å². The van der Waals surface area contributed by atoms with Crippen LogP contribution in [-0.4, -0.2) is 45.5 Å². The van der Waals surface area contributed by atoms with Crippen molar-refractivity contribution in [3.63, 3.8) is 0 Å². The normalized spacial score (nSPS) is 22.1. The molecular weight excluding hydrogens is 593 g/mol. The Kier molecular flexibility index (Phi) is 15.5. The molecule has 0 aromatic rings. The van der Waals surface area contributed by atoms with Crippen LogP contribution in [0.25, 0.3) is 0 Å². The van der Waals surface area contributed by atoms with E-state index in [1.807, 2.05) is 0 Å². The minimum absolute atomic E-state index is 0. The molecule has 3 aliphatic rings. The zero-order valence-corrected chi connectivity index (χ0v) is 29.5. The molecule has 0 aromatic heterocycles. The summed E-state index contributed by atoms with van der Waals surface area (Å²) in [5, 5.41) is 0. The van der Waals surface area contributed by atoms with Crippen molar-refractivity contribution in [1.29, 1.82) is 0 Å². The van der Waals surface area contributed by atoms with Crippen molar-refractivity contribution < 1.29 is 54.1 Å². The fourth-order valence-corrected chi connectivity index (χ4v) is 8.24. The fraction of sp³-hybridized carbons (Fsp3) is 0.615. The summed E-state index contributed by atoms with van der Waals surface area (Å²) in [5.41, 5.74) is 6.46. The van der Waals surface area contributed by atoms with E-state index in [0.717, 1.165) is 13.2 Å². The Morgan fingerprint density at radius 3 is 0.781 bits per heavy atom. The van der Waals surface area contributed by atoms with E-state index in [-0.39, 0.29) is 49.4 Å². The van der Waals surface area contributed by atoms with Crippen LogP contribution in [0, 0.1) is 110 Å². The first-order valence-electron chi connectivity index (χ1n) is 12.1. The third-order valence-corrected chi connectivity index (χ3v) is 14.0. The summed E-state index contributed by atoms with van der Waals surface area (Å²) < 4.78 is 4.94. The van der Waals surface area contributed by atoms with Crippen molar-refractivity contribution >= 4 is 32.3 Å². The first-order valence-corrected chi connectivity index (χ1v) is 26.1. The van der Waals surface area contributed by atoms with Crippen LogP contribution in [0.4, 0.5) is 0 Å². The van der Waals surface area contributed by atoms with Crippen molar-refractivity contribution in [3.05, 3.63) is 60.7 Å². The zero-order valence-electron chi connectivity index (χ0n) is 23.1. The first kappa shape index (κ1) is 34.4. The van der Waals surface area contributed by atoms with Crippen LogP contribution in [0.1, 0.15) is 12.8 Å². The molecule has 6 heteroatoms. The maximum absolute atomic E-state index is 4.94. The van der Waals surface area contributed by atoms with Gasteiger partial charge in [0.2, 0.25) is 0 Å². The maximum atomic E-state index is 4.94. The Bertz CT molecular complexity index is 420. The molecule has 1 heterocycles. The predicted octanol–water partition coefficient (Wildman–Crippen LogP) is 7.83. The quantitative estimate of drug-likeness (QED) is 0.284. The second-order valence-electron chi connectivity index (χ2n) is 13.1. The topological polar surface area (TPSA) is 9.23 Å². The van der Waals surface area contributed by atoms with Gasteiger partial charge in [0, 0.05) is 62.6 Å². The van der Waals surface area contributed by atoms with Gasteiger partial charge in [-0.15, -0.1) is 0 Å². The molecule has 0 atom stereocenters. The molecular formula is C26H50EuOSi4. The summed E-state index contributed by atoms with van der Waals surface area (Å²) in [5.74, 6) is 0. The van der Waals surface area contributed by atoms with Crippen molar-refractivity contribution in [3.8, 4) is 0 Å². The van der Waals surface area contributed by atoms with E-state index in [1.54, 1.807) is 22.2 Å². The van der Waals surface area contributed by atoms with Gasteiger partial charge in [0.25, 0.3) is 0 Å². The molecule has 3 rings (SSSR count). The summed E-state index contributed by atoms with van der Waals surface area (Å²) in [6.45, 7) is 31.0. The molecule has 1 nitrogen and oxygen atoms in total. The van der Waals surface area contributed by atoms with Gasteiger partial charge in [-0.05, 0) is 73.5 Å². The third-order valence-electron chi connectivity index (χ3n) is 5.80. The minimum atomic E-state index is -1.07. The molecule has 2 aliphatic carbocycles. The predicted molar refractivity (Wildman–Crippen MR) is 152 cm³/mol. The van der Waals surface area contributed by atoms with Gasteiger partial charge in [-0.3, -0.25) is 0 Å². The van der Waals surface area contributed by atoms with Crippen LogP contribution in [0.15, 0.2) is 0 Å². The van der Waals surface area contributed by atoms with Crippen molar-refractivity contribution in [1.82, 2.24) is 0 Å². The monoisotopic (exact) mass is 643 g/mol. The van der Waals surface area contributed by atoms with E-state index in [2.05, 4.69) is 117 Å². The third kappa shape index (κ3) is 13.1. The molecule has 0 aromatic carbocycles. The van der Waals surface area contributed by atoms with Gasteiger partial charge in [-0.1, -0.05) is 78.6 Å². The number of hydrogen-bond acceptors (Lipinski definition) is 1. The maximum Gasteiger partial charge on any atom is 0.0516 e. The van der Waals surface area contributed by atoms with Crippen molar-refractivity contribution in [2.75, 3.05) is 13.2 Å². The van der Waals surface area contributed by atoms with Crippen LogP contribution in [0.5, 0.6) is 0 Å². The van der Waals surface area contributed by atoms with Gasteiger partial charge >= 0.3 is 0 Å². The summed E-state index contributed by atoms with van der Waals surface area (Å²) >= 11 is 0. The Morgan fingerprint density at radius 2 is 0.688 bits per heavy atom. The molecule has 0 spiro atoms. The molecule has 0 N–H and O–H groups in total. The van der Waals surface area contributed by atoms with Gasteiger partial charge in [-0.2, -0.15) is 0 Å². The van der Waals surface area contributed by atoms with Crippen molar-refractivity contribution in [2.24, 2.45) is 0 Å². The van der Waals surface area contributed by atoms with Crippen molar-refractivity contribution in [2.45, 2.75) is 91.4 Å². The van der Waals surface area contributed by atoms with E-state index in [9.17, 15) is 0 Å². The zero-order chi connectivity index (χ0) is 24.1. The molecule has 2 saturated carbocycles. The molecule has 0 amide bonds. The summed E-state index contributed by atoms with van der Waals surface area (Å²) in [6.07, 6.45) is 16.9. The van der Waals surface area contributed by atoms with Gasteiger partial charge < -0.3 is 4.74 Å². The van der Waals surface area contributed by atoms with E-state index in [1.165, 1.54) is 12.8 Å². The van der Waals surface area contributed by atoms with Gasteiger partial charge in [0.05, 0.1) is 32.3 Å². The molecule has 32 heavy (non-hydrogen) atoms. The summed E-state index contributed by atoms with van der Waals surface area (Å²) in [7, 11) is -4.28. The molecule has 1 aliphatic heterocycles. The second-order valence-corrected chi connectivity index (χ2v) is 33.4. The molecule has 11 radical (unpaired) electrons. The Labute approximate surface area is 249 Å². The van der Waals surface area contributed by atoms with Crippen LogP contribution in [0.2, 0.25) is 78.6 Å². The summed E-state index contributed by atoms with van der Waals surface area (Å²) in [6, 6.07) is 0. The molecule has 3 fully saturated rings. The fourth-order valence-electron chi connectivity index (χ4n) is 3.26. The van der Waals surface area contributed by atoms with Crippen LogP contribution in [-0.2, 0) is 4.74 Å². The Balaban J connectivity index is 0.000000482. The minimum Gasteiger partial charge on any atom is -0.381 e. The van der Waals surface area contributed by atoms with Crippen LogP contribution < -0.4 is 0 Å². The van der Waals surface area contributed by atoms with Gasteiger partial charge in [-0.25, -0.2) is 0 Å². The smallest absolute Gasteiger partial charge is 0.0516 e. The second kappa shape index (κ2) is 14.4. The Hall–Kier alpha value is 2.41. The largest absolute Gasteiger partial charge is 0.381 e. The van der Waals surface area contributed by atoms with Gasteiger partial charge in [0.15, 0.2) is 0 Å². The molecule has 0 unspecified atom stereocenters. The molecule has 183 valence electrons. The van der Waals surface area contributed by atoms with E-state index in [4.69, 9.17) is 4.74 Å². The summed E-state index contributed by atoms with van der Waals surface area (Å²) in [4.78, 5) is 0. The standard InChI is InChI=1S/2C11H21Si2.C4H8O.Eu/c2*1-12(2,3)10-7-8-11(9-10)13(4,5)6;1-2-4-5-3-1;/h2*7-9H,1-6H3;1-4H2;. The first-order chi connectivity index (χ1) is 13.9. The van der Waals surface area contributed by atoms with Gasteiger partial charge in [0.1, 0.15) is 0 Å². The Morgan fingerprint density at radius 1 is 0.469 bits per heavy atom. The average Bonchev–Trinajstić information content (AvgIpc) is 3.33. The van der Waals surface area contributed by atoms with E-state index < -0.39 is 32.3 Å². The number of hydrogen-bond donors (Lipinski definition) is 0. The van der Waals surface area contributed by atoms with E-state index in [0.29, 0.717) is 0 Å². The molecule has 1 saturated heterocycles. The molecule has 0 bridgehead atoms. The number of ether oxygens (including phenoxy) is 1. The SMILES string of the molecule is C1CCOC1.C[Si](C)(C)[C]1[CH][CH][C]([Si](C)(C)C)[CH]1.C[Si](C)(C)[C]1[CH][CH][C]([Si](C)(C)C)[CH]1.[Eu]. The average molecular weight is 643 g/mol. The van der Waals surface area contributed by atoms with E-state index >= 15 is 0 Å².